The van der Waals surface area contributed by atoms with Crippen LogP contribution in [0.5, 0.6) is 0 Å². The van der Waals surface area contributed by atoms with Gasteiger partial charge in [-0.15, -0.1) is 0 Å². The summed E-state index contributed by atoms with van der Waals surface area (Å²) in [7, 11) is 0. The Bertz CT molecular complexity index is 953. The molecule has 134 valence electrons. The van der Waals surface area contributed by atoms with Gasteiger partial charge in [-0.3, -0.25) is 9.89 Å². The molecule has 0 aliphatic rings. The first-order chi connectivity index (χ1) is 12.5. The summed E-state index contributed by atoms with van der Waals surface area (Å²) in [6, 6.07) is 8.50. The van der Waals surface area contributed by atoms with Crippen LogP contribution in [-0.4, -0.2) is 16.1 Å². The molecule has 0 saturated heterocycles. The molecule has 4 nitrogen and oxygen atoms in total. The van der Waals surface area contributed by atoms with Gasteiger partial charge < -0.3 is 5.32 Å². The number of nitrogens with one attached hydrogen (secondary N) is 2. The number of aromatic nitrogens is 2. The zero-order chi connectivity index (χ0) is 18.7. The molecule has 0 atom stereocenters. The summed E-state index contributed by atoms with van der Waals surface area (Å²) in [5.41, 5.74) is 1.52. The van der Waals surface area contributed by atoms with Crippen LogP contribution in [0.1, 0.15) is 29.4 Å². The molecular weight excluding hydrogens is 343 g/mol. The molecule has 1 amide bonds. The highest BCUT2D eigenvalue weighted by Crippen LogP contribution is 2.30. The Morgan fingerprint density at radius 1 is 1.12 bits per heavy atom. The summed E-state index contributed by atoms with van der Waals surface area (Å²) in [5.74, 6) is -2.91. The molecule has 1 aromatic heterocycles. The minimum Gasteiger partial charge on any atom is -0.318 e. The summed E-state index contributed by atoms with van der Waals surface area (Å²) in [6.45, 7) is 1.95. The van der Waals surface area contributed by atoms with Gasteiger partial charge in [0.25, 0.3) is 5.91 Å². The van der Waals surface area contributed by atoms with Crippen molar-refractivity contribution < 1.29 is 18.0 Å². The predicted molar refractivity (Wildman–Crippen MR) is 92.3 cm³/mol. The van der Waals surface area contributed by atoms with E-state index in [1.54, 1.807) is 6.07 Å². The predicted octanol–water partition coefficient (Wildman–Crippen LogP) is 4.70. The molecule has 3 rings (SSSR count). The Morgan fingerprint density at radius 2 is 1.88 bits per heavy atom. The molecule has 0 fully saturated rings. The Morgan fingerprint density at radius 3 is 2.58 bits per heavy atom. The van der Waals surface area contributed by atoms with Crippen molar-refractivity contribution in [1.82, 2.24) is 10.2 Å². The van der Waals surface area contributed by atoms with Gasteiger partial charge in [-0.1, -0.05) is 25.5 Å². The molecule has 0 spiro atoms. The van der Waals surface area contributed by atoms with E-state index in [2.05, 4.69) is 15.5 Å². The normalized spacial score (nSPS) is 10.8. The zero-order valence-corrected chi connectivity index (χ0v) is 13.9. The number of hydrogen-bond donors (Lipinski definition) is 2. The first-order valence-corrected chi connectivity index (χ1v) is 8.09. The van der Waals surface area contributed by atoms with Gasteiger partial charge in [-0.25, -0.2) is 13.2 Å². The number of anilines is 1. The van der Waals surface area contributed by atoms with Crippen molar-refractivity contribution in [2.24, 2.45) is 0 Å². The van der Waals surface area contributed by atoms with E-state index in [0.717, 1.165) is 18.6 Å². The van der Waals surface area contributed by atoms with Crippen molar-refractivity contribution in [3.8, 4) is 11.3 Å². The number of rotatable bonds is 5. The number of aryl methyl sites for hydroxylation is 1. The summed E-state index contributed by atoms with van der Waals surface area (Å²) in [6.07, 6.45) is 1.36. The molecule has 2 aromatic carbocycles. The average molecular weight is 359 g/mol. The van der Waals surface area contributed by atoms with Gasteiger partial charge in [0, 0.05) is 11.6 Å². The molecule has 1 heterocycles. The number of aromatic amines is 1. The third-order valence-corrected chi connectivity index (χ3v) is 3.85. The van der Waals surface area contributed by atoms with Gasteiger partial charge >= 0.3 is 0 Å². The lowest BCUT2D eigenvalue weighted by molar-refractivity contribution is 0.102. The highest BCUT2D eigenvalue weighted by molar-refractivity contribution is 6.06. The molecule has 3 aromatic rings. The van der Waals surface area contributed by atoms with E-state index in [9.17, 15) is 18.0 Å². The van der Waals surface area contributed by atoms with E-state index in [-0.39, 0.29) is 5.56 Å². The number of carbonyl (C=O) groups is 1. The monoisotopic (exact) mass is 359 g/mol. The van der Waals surface area contributed by atoms with E-state index in [1.165, 1.54) is 18.2 Å². The number of halogens is 3. The third kappa shape index (κ3) is 3.61. The van der Waals surface area contributed by atoms with Gasteiger partial charge in [0.05, 0.1) is 16.9 Å². The van der Waals surface area contributed by atoms with E-state index < -0.39 is 23.4 Å². The van der Waals surface area contributed by atoms with Gasteiger partial charge in [0.1, 0.15) is 23.1 Å². The topological polar surface area (TPSA) is 57.8 Å². The number of amides is 1. The third-order valence-electron chi connectivity index (χ3n) is 3.85. The Balaban J connectivity index is 2.00. The number of hydrogen-bond acceptors (Lipinski definition) is 2. The smallest absolute Gasteiger partial charge is 0.258 e. The van der Waals surface area contributed by atoms with E-state index in [1.807, 2.05) is 6.92 Å². The fraction of sp³-hybridized carbons (Fsp3) is 0.158. The van der Waals surface area contributed by atoms with Gasteiger partial charge in [0.2, 0.25) is 0 Å². The average Bonchev–Trinajstić information content (AvgIpc) is 2.97. The van der Waals surface area contributed by atoms with Gasteiger partial charge in [-0.2, -0.15) is 5.10 Å². The second-order valence-corrected chi connectivity index (χ2v) is 5.76. The largest absolute Gasteiger partial charge is 0.318 e. The van der Waals surface area contributed by atoms with Gasteiger partial charge in [-0.05, 0) is 30.7 Å². The lowest BCUT2D eigenvalue weighted by Gasteiger charge is -2.09. The molecule has 0 bridgehead atoms. The first-order valence-electron chi connectivity index (χ1n) is 8.09. The highest BCUT2D eigenvalue weighted by atomic mass is 19.1. The van der Waals surface area contributed by atoms with Crippen LogP contribution in [0, 0.1) is 17.5 Å². The quantitative estimate of drug-likeness (QED) is 0.694. The minimum absolute atomic E-state index is 0.291. The zero-order valence-electron chi connectivity index (χ0n) is 13.9. The fourth-order valence-corrected chi connectivity index (χ4v) is 2.64. The first kappa shape index (κ1) is 17.7. The summed E-state index contributed by atoms with van der Waals surface area (Å²) < 4.78 is 40.5. The molecule has 0 unspecified atom stereocenters. The van der Waals surface area contributed by atoms with Crippen LogP contribution in [0.4, 0.5) is 18.9 Å². The number of benzene rings is 2. The van der Waals surface area contributed by atoms with Crippen LogP contribution < -0.4 is 5.32 Å². The van der Waals surface area contributed by atoms with Crippen LogP contribution >= 0.6 is 0 Å². The minimum atomic E-state index is -0.963. The number of H-pyrrole nitrogens is 1. The molecular formula is C19H16F3N3O. The highest BCUT2D eigenvalue weighted by Gasteiger charge is 2.20. The molecule has 0 aliphatic heterocycles. The summed E-state index contributed by atoms with van der Waals surface area (Å²) in [4.78, 5) is 12.5. The summed E-state index contributed by atoms with van der Waals surface area (Å²) in [5, 5.41) is 9.62. The van der Waals surface area contributed by atoms with Crippen LogP contribution in [0.15, 0.2) is 42.5 Å². The molecule has 0 saturated carbocycles. The Labute approximate surface area is 148 Å². The fourth-order valence-electron chi connectivity index (χ4n) is 2.64. The van der Waals surface area contributed by atoms with Crippen molar-refractivity contribution in [3.63, 3.8) is 0 Å². The maximum absolute atomic E-state index is 13.9. The van der Waals surface area contributed by atoms with Crippen LogP contribution in [0.2, 0.25) is 0 Å². The Kier molecular flexibility index (Phi) is 5.06. The maximum Gasteiger partial charge on any atom is 0.258 e. The lowest BCUT2D eigenvalue weighted by Crippen LogP contribution is -2.15. The van der Waals surface area contributed by atoms with E-state index >= 15 is 0 Å². The molecule has 7 heteroatoms. The number of carbonyl (C=O) groups excluding carboxylic acids is 1. The molecule has 0 radical (unpaired) electrons. The molecule has 0 aliphatic carbocycles. The Hall–Kier alpha value is -3.09. The number of nitrogens with zero attached hydrogens (tertiary/aromatic N) is 1. The lowest BCUT2D eigenvalue weighted by atomic mass is 10.1. The van der Waals surface area contributed by atoms with Crippen molar-refractivity contribution in [2.45, 2.75) is 19.8 Å². The van der Waals surface area contributed by atoms with Crippen molar-refractivity contribution >= 4 is 11.6 Å². The second-order valence-electron chi connectivity index (χ2n) is 5.76. The van der Waals surface area contributed by atoms with Crippen LogP contribution in [0.3, 0.4) is 0 Å². The van der Waals surface area contributed by atoms with E-state index in [4.69, 9.17) is 0 Å². The van der Waals surface area contributed by atoms with Crippen molar-refractivity contribution in [1.29, 1.82) is 0 Å². The van der Waals surface area contributed by atoms with Gasteiger partial charge in [0.15, 0.2) is 0 Å². The maximum atomic E-state index is 13.9. The summed E-state index contributed by atoms with van der Waals surface area (Å²) >= 11 is 0. The SMILES string of the molecule is CCCc1[nH]nc(-c2cccc(F)c2)c1NC(=O)c1ccc(F)cc1F. The second kappa shape index (κ2) is 7.43. The van der Waals surface area contributed by atoms with Crippen molar-refractivity contribution in [3.05, 3.63) is 71.2 Å². The van der Waals surface area contributed by atoms with Crippen molar-refractivity contribution in [2.75, 3.05) is 5.32 Å². The molecule has 2 N–H and O–H groups in total. The van der Waals surface area contributed by atoms with E-state index in [0.29, 0.717) is 35.1 Å². The van der Waals surface area contributed by atoms with Crippen LogP contribution in [0.25, 0.3) is 11.3 Å². The van der Waals surface area contributed by atoms with Crippen LogP contribution in [-0.2, 0) is 6.42 Å². The standard InChI is InChI=1S/C19H16F3N3O/c1-2-4-16-18(17(25-24-16)11-5-3-6-12(20)9-11)23-19(26)14-8-7-13(21)10-15(14)22/h3,5-10H,2,4H2,1H3,(H,23,26)(H,24,25). The molecule has 26 heavy (non-hydrogen) atoms.